The first-order chi connectivity index (χ1) is 12.9. The number of carboxylic acid groups (broad SMARTS) is 1. The highest BCUT2D eigenvalue weighted by atomic mass is 16.4. The van der Waals surface area contributed by atoms with Crippen LogP contribution in [0.5, 0.6) is 0 Å². The molecule has 0 bridgehead atoms. The Morgan fingerprint density at radius 2 is 1.81 bits per heavy atom. The van der Waals surface area contributed by atoms with Crippen LogP contribution in [0.25, 0.3) is 0 Å². The molecule has 2 N–H and O–H groups in total. The smallest absolute Gasteiger partial charge is 0.308 e. The van der Waals surface area contributed by atoms with E-state index < -0.39 is 17.9 Å². The summed E-state index contributed by atoms with van der Waals surface area (Å²) in [6.07, 6.45) is 1.00. The number of nitrogens with zero attached hydrogens (tertiary/aromatic N) is 1. The second-order valence-corrected chi connectivity index (χ2v) is 6.78. The second kappa shape index (κ2) is 7.61. The van der Waals surface area contributed by atoms with Crippen molar-refractivity contribution in [1.82, 2.24) is 5.32 Å². The van der Waals surface area contributed by atoms with E-state index >= 15 is 0 Å². The molecule has 2 aromatic carbocycles. The van der Waals surface area contributed by atoms with Gasteiger partial charge in [0.05, 0.1) is 12.0 Å². The number of anilines is 1. The Morgan fingerprint density at radius 1 is 1.11 bits per heavy atom. The number of rotatable bonds is 5. The number of amides is 2. The van der Waals surface area contributed by atoms with E-state index in [4.69, 9.17) is 0 Å². The molecule has 6 heteroatoms. The number of fused-ring (bicyclic) bond motifs is 1. The molecule has 0 saturated heterocycles. The molecule has 140 valence electrons. The molecule has 0 radical (unpaired) electrons. The zero-order valence-corrected chi connectivity index (χ0v) is 15.3. The largest absolute Gasteiger partial charge is 0.481 e. The van der Waals surface area contributed by atoms with E-state index in [9.17, 15) is 19.5 Å². The van der Waals surface area contributed by atoms with Crippen LogP contribution in [0.2, 0.25) is 0 Å². The van der Waals surface area contributed by atoms with Crippen LogP contribution in [0.3, 0.4) is 0 Å². The van der Waals surface area contributed by atoms with E-state index in [1.165, 1.54) is 0 Å². The van der Waals surface area contributed by atoms with Crippen LogP contribution in [0.4, 0.5) is 5.69 Å². The van der Waals surface area contributed by atoms with Crippen LogP contribution in [-0.4, -0.2) is 29.9 Å². The molecule has 0 saturated carbocycles. The number of benzene rings is 2. The van der Waals surface area contributed by atoms with Gasteiger partial charge in [-0.25, -0.2) is 0 Å². The highest BCUT2D eigenvalue weighted by molar-refractivity contribution is 5.99. The predicted molar refractivity (Wildman–Crippen MR) is 102 cm³/mol. The second-order valence-electron chi connectivity index (χ2n) is 6.78. The molecule has 2 aromatic rings. The molecule has 1 heterocycles. The van der Waals surface area contributed by atoms with Gasteiger partial charge in [0.1, 0.15) is 0 Å². The van der Waals surface area contributed by atoms with Crippen LogP contribution in [0.1, 0.15) is 40.9 Å². The maximum atomic E-state index is 12.8. The van der Waals surface area contributed by atoms with Crippen molar-refractivity contribution < 1.29 is 19.5 Å². The predicted octanol–water partition coefficient (Wildman–Crippen LogP) is 2.79. The first kappa shape index (κ1) is 18.6. The maximum absolute atomic E-state index is 12.8. The molecule has 27 heavy (non-hydrogen) atoms. The molecule has 0 aliphatic carbocycles. The minimum atomic E-state index is -0.977. The summed E-state index contributed by atoms with van der Waals surface area (Å²) in [4.78, 5) is 37.7. The topological polar surface area (TPSA) is 86.7 Å². The first-order valence-corrected chi connectivity index (χ1v) is 8.86. The van der Waals surface area contributed by atoms with Gasteiger partial charge in [-0.15, -0.1) is 0 Å². The summed E-state index contributed by atoms with van der Waals surface area (Å²) in [5.41, 5.74) is 2.94. The van der Waals surface area contributed by atoms with Crippen LogP contribution in [0.15, 0.2) is 48.5 Å². The molecule has 2 unspecified atom stereocenters. The number of aryl methyl sites for hydroxylation is 1. The molecule has 6 nitrogen and oxygen atoms in total. The van der Waals surface area contributed by atoms with Crippen molar-refractivity contribution in [3.63, 3.8) is 0 Å². The molecule has 1 aliphatic heterocycles. The molecule has 2 amide bonds. The highest BCUT2D eigenvalue weighted by Gasteiger charge is 2.28. The minimum Gasteiger partial charge on any atom is -0.481 e. The van der Waals surface area contributed by atoms with Crippen molar-refractivity contribution in [2.45, 2.75) is 25.8 Å². The normalized spacial score (nSPS) is 15.6. The number of nitrogens with one attached hydrogen (secondary N) is 1. The SMILES string of the molecule is CC(C(=O)O)C(NC(=O)c1ccc2c(c1)CCC(=O)N2C)c1ccccc1. The van der Waals surface area contributed by atoms with Gasteiger partial charge < -0.3 is 15.3 Å². The standard InChI is InChI=1S/C21H22N2O4/c1-13(21(26)27)19(14-6-4-3-5-7-14)22-20(25)16-8-10-17-15(12-16)9-11-18(24)23(17)2/h3-8,10,12-13,19H,9,11H2,1-2H3,(H,22,25)(H,26,27). The number of carbonyl (C=O) groups excluding carboxylic acids is 2. The van der Waals surface area contributed by atoms with Gasteiger partial charge in [-0.05, 0) is 42.7 Å². The Balaban J connectivity index is 1.86. The fourth-order valence-corrected chi connectivity index (χ4v) is 3.32. The lowest BCUT2D eigenvalue weighted by Crippen LogP contribution is -2.36. The molecule has 0 fully saturated rings. The van der Waals surface area contributed by atoms with Crippen molar-refractivity contribution in [3.8, 4) is 0 Å². The average molecular weight is 366 g/mol. The van der Waals surface area contributed by atoms with Gasteiger partial charge in [-0.1, -0.05) is 30.3 Å². The molecule has 0 spiro atoms. The van der Waals surface area contributed by atoms with Crippen LogP contribution < -0.4 is 10.2 Å². The summed E-state index contributed by atoms with van der Waals surface area (Å²) >= 11 is 0. The number of hydrogen-bond acceptors (Lipinski definition) is 3. The molecule has 0 aromatic heterocycles. The number of hydrogen-bond donors (Lipinski definition) is 2. The van der Waals surface area contributed by atoms with Gasteiger partial charge in [0.25, 0.3) is 5.91 Å². The van der Waals surface area contributed by atoms with Crippen molar-refractivity contribution in [3.05, 3.63) is 65.2 Å². The first-order valence-electron chi connectivity index (χ1n) is 8.86. The number of carbonyl (C=O) groups is 3. The fraction of sp³-hybridized carbons (Fsp3) is 0.286. The third kappa shape index (κ3) is 3.84. The lowest BCUT2D eigenvalue weighted by atomic mass is 9.93. The zero-order valence-electron chi connectivity index (χ0n) is 15.3. The summed E-state index contributed by atoms with van der Waals surface area (Å²) in [6, 6.07) is 13.6. The van der Waals surface area contributed by atoms with Crippen molar-refractivity contribution in [2.75, 3.05) is 11.9 Å². The lowest BCUT2D eigenvalue weighted by molar-refractivity contribution is -0.142. The minimum absolute atomic E-state index is 0.0547. The third-order valence-corrected chi connectivity index (χ3v) is 5.02. The van der Waals surface area contributed by atoms with E-state index in [0.717, 1.165) is 16.8 Å². The van der Waals surface area contributed by atoms with Gasteiger partial charge in [0.15, 0.2) is 0 Å². The van der Waals surface area contributed by atoms with Crippen molar-refractivity contribution in [2.24, 2.45) is 5.92 Å². The van der Waals surface area contributed by atoms with E-state index in [1.807, 2.05) is 18.2 Å². The molecule has 1 aliphatic rings. The number of aliphatic carboxylic acids is 1. The summed E-state index contributed by atoms with van der Waals surface area (Å²) in [7, 11) is 1.72. The molecular formula is C21H22N2O4. The van der Waals surface area contributed by atoms with E-state index in [0.29, 0.717) is 18.4 Å². The summed E-state index contributed by atoms with van der Waals surface area (Å²) < 4.78 is 0. The molecule has 3 rings (SSSR count). The Hall–Kier alpha value is -3.15. The van der Waals surface area contributed by atoms with Crippen LogP contribution in [0, 0.1) is 5.92 Å². The van der Waals surface area contributed by atoms with Gasteiger partial charge in [-0.3, -0.25) is 14.4 Å². The van der Waals surface area contributed by atoms with Gasteiger partial charge in [-0.2, -0.15) is 0 Å². The Morgan fingerprint density at radius 3 is 2.48 bits per heavy atom. The van der Waals surface area contributed by atoms with Crippen molar-refractivity contribution in [1.29, 1.82) is 0 Å². The average Bonchev–Trinajstić information content (AvgIpc) is 2.68. The summed E-state index contributed by atoms with van der Waals surface area (Å²) in [5, 5.41) is 12.3. The zero-order chi connectivity index (χ0) is 19.6. The van der Waals surface area contributed by atoms with Gasteiger partial charge >= 0.3 is 5.97 Å². The van der Waals surface area contributed by atoms with E-state index in [1.54, 1.807) is 49.2 Å². The Bertz CT molecular complexity index is 879. The highest BCUT2D eigenvalue weighted by Crippen LogP contribution is 2.28. The monoisotopic (exact) mass is 366 g/mol. The fourth-order valence-electron chi connectivity index (χ4n) is 3.32. The van der Waals surface area contributed by atoms with Crippen LogP contribution >= 0.6 is 0 Å². The Kier molecular flexibility index (Phi) is 5.26. The maximum Gasteiger partial charge on any atom is 0.308 e. The van der Waals surface area contributed by atoms with E-state index in [2.05, 4.69) is 5.32 Å². The summed E-state index contributed by atoms with van der Waals surface area (Å²) in [6.45, 7) is 1.58. The Labute approximate surface area is 157 Å². The molecular weight excluding hydrogens is 344 g/mol. The van der Waals surface area contributed by atoms with Crippen molar-refractivity contribution >= 4 is 23.5 Å². The lowest BCUT2D eigenvalue weighted by Gasteiger charge is -2.26. The third-order valence-electron chi connectivity index (χ3n) is 5.02. The van der Waals surface area contributed by atoms with Gasteiger partial charge in [0, 0.05) is 24.7 Å². The molecule has 2 atom stereocenters. The van der Waals surface area contributed by atoms with Crippen LogP contribution in [-0.2, 0) is 16.0 Å². The summed E-state index contributed by atoms with van der Waals surface area (Å²) in [5.74, 6) is -2.04. The van der Waals surface area contributed by atoms with Gasteiger partial charge in [0.2, 0.25) is 5.91 Å². The number of carboxylic acids is 1. The quantitative estimate of drug-likeness (QED) is 0.852. The van der Waals surface area contributed by atoms with E-state index in [-0.39, 0.29) is 11.8 Å².